The topological polar surface area (TPSA) is 192 Å². The van der Waals surface area contributed by atoms with Crippen LogP contribution in [0, 0.1) is 17.3 Å². The number of H-pyrrole nitrogens is 2. The minimum absolute atomic E-state index is 0.122. The molecule has 15 heteroatoms. The van der Waals surface area contributed by atoms with Crippen LogP contribution in [0.5, 0.6) is 0 Å². The lowest BCUT2D eigenvalue weighted by molar-refractivity contribution is -0.136. The maximum absolute atomic E-state index is 14.7. The van der Waals surface area contributed by atoms with Crippen LogP contribution in [0.4, 0.5) is 9.59 Å². The van der Waals surface area contributed by atoms with Gasteiger partial charge in [-0.2, -0.15) is 0 Å². The zero-order valence-corrected chi connectivity index (χ0v) is 39.8. The second-order valence-corrected chi connectivity index (χ2v) is 19.6. The summed E-state index contributed by atoms with van der Waals surface area (Å²) in [6, 6.07) is 19.0. The van der Waals surface area contributed by atoms with E-state index in [1.54, 1.807) is 6.20 Å². The van der Waals surface area contributed by atoms with E-state index in [2.05, 4.69) is 81.3 Å². The molecule has 9 rings (SSSR count). The molecule has 0 radical (unpaired) electrons. The number of benzene rings is 3. The maximum Gasteiger partial charge on any atom is 0.407 e. The third-order valence-electron chi connectivity index (χ3n) is 14.8. The van der Waals surface area contributed by atoms with Crippen LogP contribution in [0.1, 0.15) is 119 Å². The minimum atomic E-state index is -0.710. The van der Waals surface area contributed by atoms with Gasteiger partial charge < -0.3 is 39.9 Å². The largest absolute Gasteiger partial charge is 0.453 e. The summed E-state index contributed by atoms with van der Waals surface area (Å²) < 4.78 is 9.59. The first kappa shape index (κ1) is 46.3. The van der Waals surface area contributed by atoms with E-state index in [4.69, 9.17) is 19.4 Å². The molecular formula is C53H62N8O7. The average molecular weight is 923 g/mol. The van der Waals surface area contributed by atoms with Crippen molar-refractivity contribution in [2.24, 2.45) is 17.3 Å². The van der Waals surface area contributed by atoms with Crippen LogP contribution in [0.25, 0.3) is 44.8 Å². The second-order valence-electron chi connectivity index (χ2n) is 19.6. The number of carbonyl (C=O) groups is 5. The maximum atomic E-state index is 14.7. The molecule has 0 bridgehead atoms. The molecule has 4 atom stereocenters. The van der Waals surface area contributed by atoms with Gasteiger partial charge in [-0.25, -0.2) is 19.6 Å². The van der Waals surface area contributed by atoms with E-state index in [-0.39, 0.29) is 46.9 Å². The highest BCUT2D eigenvalue weighted by Crippen LogP contribution is 2.53. The summed E-state index contributed by atoms with van der Waals surface area (Å²) in [5.74, 6) is 1.12. The summed E-state index contributed by atoms with van der Waals surface area (Å²) in [7, 11) is 2.58. The number of methoxy groups -OCH3 is 2. The number of aromatic amines is 2. The number of ether oxygens (including phenoxy) is 2. The zero-order valence-electron chi connectivity index (χ0n) is 39.8. The van der Waals surface area contributed by atoms with E-state index < -0.39 is 24.3 Å². The van der Waals surface area contributed by atoms with Gasteiger partial charge in [-0.15, -0.1) is 0 Å². The monoisotopic (exact) mass is 922 g/mol. The lowest BCUT2D eigenvalue weighted by Crippen LogP contribution is -2.51. The number of nitrogens with one attached hydrogen (secondary N) is 4. The van der Waals surface area contributed by atoms with Crippen molar-refractivity contribution >= 4 is 29.8 Å². The fourth-order valence-electron chi connectivity index (χ4n) is 11.1. The molecule has 2 saturated heterocycles. The quantitative estimate of drug-likeness (QED) is 0.0945. The molecular weight excluding hydrogens is 861 g/mol. The molecule has 2 aromatic heterocycles. The number of aromatic nitrogens is 4. The van der Waals surface area contributed by atoms with Crippen molar-refractivity contribution in [3.05, 3.63) is 95.8 Å². The van der Waals surface area contributed by atoms with Crippen LogP contribution in [-0.2, 0) is 25.5 Å². The Hall–Kier alpha value is -6.77. The van der Waals surface area contributed by atoms with Gasteiger partial charge in [-0.05, 0) is 95.7 Å². The highest BCUT2D eigenvalue weighted by Gasteiger charge is 2.49. The van der Waals surface area contributed by atoms with Crippen molar-refractivity contribution in [3.63, 3.8) is 0 Å². The van der Waals surface area contributed by atoms with Crippen molar-refractivity contribution in [2.75, 3.05) is 27.3 Å². The zero-order chi connectivity index (χ0) is 47.9. The number of fused-ring (bicyclic) bond motifs is 1. The van der Waals surface area contributed by atoms with E-state index in [9.17, 15) is 24.0 Å². The Balaban J connectivity index is 0.942. The number of Topliss-reactive ketones (excluding diaryl/α,β-unsaturated/α-hetero) is 1. The molecule has 356 valence electrons. The Bertz CT molecular complexity index is 2700. The summed E-state index contributed by atoms with van der Waals surface area (Å²) in [6.07, 6.45) is 10.2. The molecule has 4 unspecified atom stereocenters. The van der Waals surface area contributed by atoms with Gasteiger partial charge in [0.25, 0.3) is 0 Å². The molecule has 2 aliphatic carbocycles. The summed E-state index contributed by atoms with van der Waals surface area (Å²) in [4.78, 5) is 86.3. The molecule has 4 N–H and O–H groups in total. The standard InChI is InChI=1S/C53H62N8O7/c1-30(2)44(58-51(65)67-5)49(63)60-25-9-11-41(60)47-54-28-39(56-47)34-17-13-32(14-18-34)36-21-22-37(43-38(36)27-53(46(43)62)23-7-8-24-53)33-15-19-35(20-16-33)40-29-55-48(57-40)42-12-10-26-61(42)50(64)45(31(3)4)59-52(66)68-6/h13-22,28-31,41-42,44-45H,7-12,23-27H2,1-6H3,(H,54,56)(H,55,57)(H,58,65)(H,59,66). The van der Waals surface area contributed by atoms with Gasteiger partial charge in [-0.1, -0.05) is 101 Å². The Morgan fingerprint density at radius 3 is 1.50 bits per heavy atom. The van der Waals surface area contributed by atoms with Crippen molar-refractivity contribution in [3.8, 4) is 44.8 Å². The molecule has 68 heavy (non-hydrogen) atoms. The molecule has 5 aromatic rings. The van der Waals surface area contributed by atoms with Gasteiger partial charge in [-0.3, -0.25) is 14.4 Å². The van der Waals surface area contributed by atoms with Gasteiger partial charge in [0.1, 0.15) is 23.7 Å². The molecule has 4 amide bonds. The minimum Gasteiger partial charge on any atom is -0.453 e. The number of hydrogen-bond donors (Lipinski definition) is 4. The first-order chi connectivity index (χ1) is 32.8. The Labute approximate surface area is 397 Å². The molecule has 4 aliphatic rings. The predicted octanol–water partition coefficient (Wildman–Crippen LogP) is 9.19. The Morgan fingerprint density at radius 2 is 1.06 bits per heavy atom. The fourth-order valence-corrected chi connectivity index (χ4v) is 11.1. The Morgan fingerprint density at radius 1 is 0.632 bits per heavy atom. The summed E-state index contributed by atoms with van der Waals surface area (Å²) in [6.45, 7) is 8.76. The number of likely N-dealkylation sites (tertiary alicyclic amines) is 2. The molecule has 3 aromatic carbocycles. The third-order valence-corrected chi connectivity index (χ3v) is 14.8. The molecule has 3 fully saturated rings. The van der Waals surface area contributed by atoms with E-state index in [0.29, 0.717) is 24.7 Å². The first-order valence-corrected chi connectivity index (χ1v) is 24.1. The number of alkyl carbamates (subject to hydrolysis) is 2. The van der Waals surface area contributed by atoms with E-state index in [1.165, 1.54) is 14.2 Å². The van der Waals surface area contributed by atoms with E-state index >= 15 is 0 Å². The van der Waals surface area contributed by atoms with Crippen molar-refractivity contribution in [1.29, 1.82) is 0 Å². The van der Waals surface area contributed by atoms with Gasteiger partial charge in [0, 0.05) is 24.1 Å². The van der Waals surface area contributed by atoms with Crippen LogP contribution in [0.15, 0.2) is 73.1 Å². The van der Waals surface area contributed by atoms with Gasteiger partial charge in [0.05, 0.1) is 50.1 Å². The van der Waals surface area contributed by atoms with Crippen LogP contribution in [0.3, 0.4) is 0 Å². The molecule has 4 heterocycles. The highest BCUT2D eigenvalue weighted by atomic mass is 16.5. The smallest absolute Gasteiger partial charge is 0.407 e. The highest BCUT2D eigenvalue weighted by molar-refractivity contribution is 6.11. The second kappa shape index (κ2) is 19.1. The summed E-state index contributed by atoms with van der Waals surface area (Å²) in [5.41, 5.74) is 9.15. The average Bonchev–Trinajstić information content (AvgIpc) is 4.22. The number of hydrogen-bond acceptors (Lipinski definition) is 9. The first-order valence-electron chi connectivity index (χ1n) is 24.1. The number of imidazole rings is 2. The number of rotatable bonds is 12. The van der Waals surface area contributed by atoms with Crippen molar-refractivity contribution in [2.45, 2.75) is 110 Å². The van der Waals surface area contributed by atoms with Gasteiger partial charge in [0.2, 0.25) is 11.8 Å². The number of nitrogens with zero attached hydrogens (tertiary/aromatic N) is 4. The van der Waals surface area contributed by atoms with E-state index in [0.717, 1.165) is 114 Å². The predicted molar refractivity (Wildman–Crippen MR) is 257 cm³/mol. The van der Waals surface area contributed by atoms with E-state index in [1.807, 2.05) is 43.7 Å². The van der Waals surface area contributed by atoms with Crippen molar-refractivity contribution in [1.82, 2.24) is 40.4 Å². The summed E-state index contributed by atoms with van der Waals surface area (Å²) >= 11 is 0. The lowest BCUT2D eigenvalue weighted by Gasteiger charge is -2.30. The van der Waals surface area contributed by atoms with Gasteiger partial charge in [0.15, 0.2) is 5.78 Å². The molecule has 1 saturated carbocycles. The van der Waals surface area contributed by atoms with Crippen LogP contribution < -0.4 is 10.6 Å². The molecule has 2 aliphatic heterocycles. The van der Waals surface area contributed by atoms with Crippen LogP contribution >= 0.6 is 0 Å². The SMILES string of the molecule is COC(=O)NC(C(=O)N1CCCC1c1ncc(-c2ccc(-c3ccc(-c4ccc(-c5cnc(C6CCCN6C(=O)C(NC(=O)OC)C(C)C)[nH]5)cc4)c4c3CC3(CCCC3)C4=O)cc2)[nH]1)C(C)C. The third kappa shape index (κ3) is 8.67. The summed E-state index contributed by atoms with van der Waals surface area (Å²) in [5, 5.41) is 5.42. The normalized spacial score (nSPS) is 19.4. The number of carbonyl (C=O) groups excluding carboxylic acids is 5. The number of ketones is 1. The van der Waals surface area contributed by atoms with Crippen LogP contribution in [-0.4, -0.2) is 98.9 Å². The van der Waals surface area contributed by atoms with Gasteiger partial charge >= 0.3 is 12.2 Å². The molecule has 1 spiro atoms. The fraction of sp³-hybridized carbons (Fsp3) is 0.453. The van der Waals surface area contributed by atoms with Crippen molar-refractivity contribution < 1.29 is 33.4 Å². The Kier molecular flexibility index (Phi) is 13.0. The number of amides is 4. The van der Waals surface area contributed by atoms with Crippen LogP contribution in [0.2, 0.25) is 0 Å². The lowest BCUT2D eigenvalue weighted by atomic mass is 9.81. The molecule has 15 nitrogen and oxygen atoms in total.